The zero-order chi connectivity index (χ0) is 24.0. The summed E-state index contributed by atoms with van der Waals surface area (Å²) in [4.78, 5) is 14.6. The predicted molar refractivity (Wildman–Crippen MR) is 128 cm³/mol. The van der Waals surface area contributed by atoms with Gasteiger partial charge < -0.3 is 14.4 Å². The Balaban J connectivity index is 1.92. The highest BCUT2D eigenvalue weighted by Gasteiger charge is 2.28. The summed E-state index contributed by atoms with van der Waals surface area (Å²) in [5.74, 6) is 0.781. The molecule has 0 atom stereocenters. The average Bonchev–Trinajstić information content (AvgIpc) is 2.82. The van der Waals surface area contributed by atoms with Crippen LogP contribution in [0.4, 0.5) is 5.69 Å². The predicted octanol–water partition coefficient (Wildman–Crippen LogP) is 4.21. The second kappa shape index (κ2) is 10.6. The molecule has 0 aliphatic carbocycles. The molecule has 0 saturated heterocycles. The molecule has 0 aromatic heterocycles. The van der Waals surface area contributed by atoms with Crippen molar-refractivity contribution in [3.05, 3.63) is 83.4 Å². The van der Waals surface area contributed by atoms with Gasteiger partial charge >= 0.3 is 0 Å². The van der Waals surface area contributed by atoms with E-state index in [4.69, 9.17) is 21.1 Å². The lowest BCUT2D eigenvalue weighted by molar-refractivity contribution is -0.128. The van der Waals surface area contributed by atoms with Gasteiger partial charge in [-0.05, 0) is 48.5 Å². The fourth-order valence-corrected chi connectivity index (χ4v) is 4.83. The molecule has 0 heterocycles. The molecule has 0 unspecified atom stereocenters. The first kappa shape index (κ1) is 24.4. The number of nitrogens with zero attached hydrogens (tertiary/aromatic N) is 2. The monoisotopic (exact) mass is 488 g/mol. The molecule has 0 N–H and O–H groups in total. The molecular weight excluding hydrogens is 464 g/mol. The Hall–Kier alpha value is -3.23. The van der Waals surface area contributed by atoms with Gasteiger partial charge in [-0.15, -0.1) is 0 Å². The maximum Gasteiger partial charge on any atom is 0.264 e. The molecule has 0 radical (unpaired) electrons. The zero-order valence-electron chi connectivity index (χ0n) is 18.6. The Bertz CT molecular complexity index is 1220. The SMILES string of the molecule is COc1ccc(S(=O)(=O)N(CC(=O)N(C)Cc2ccccc2OC)c2cccc(Cl)c2)cc1. The number of halogens is 1. The highest BCUT2D eigenvalue weighted by Crippen LogP contribution is 2.27. The number of sulfonamides is 1. The van der Waals surface area contributed by atoms with Crippen molar-refractivity contribution >= 4 is 33.2 Å². The first-order valence-electron chi connectivity index (χ1n) is 10.0. The van der Waals surface area contributed by atoms with E-state index < -0.39 is 22.5 Å². The molecule has 3 aromatic carbocycles. The molecule has 174 valence electrons. The van der Waals surface area contributed by atoms with Crippen molar-refractivity contribution in [2.45, 2.75) is 11.4 Å². The van der Waals surface area contributed by atoms with Crippen LogP contribution in [0.25, 0.3) is 0 Å². The summed E-state index contributed by atoms with van der Waals surface area (Å²) in [5.41, 5.74) is 1.10. The van der Waals surface area contributed by atoms with Crippen LogP contribution in [0.15, 0.2) is 77.7 Å². The third-order valence-corrected chi connectivity index (χ3v) is 7.07. The van der Waals surface area contributed by atoms with Gasteiger partial charge in [0.15, 0.2) is 0 Å². The third-order valence-electron chi connectivity index (χ3n) is 5.05. The number of carbonyl (C=O) groups excluding carboxylic acids is 1. The van der Waals surface area contributed by atoms with Gasteiger partial charge in [-0.3, -0.25) is 9.10 Å². The van der Waals surface area contributed by atoms with Gasteiger partial charge in [0.05, 0.1) is 24.8 Å². The van der Waals surface area contributed by atoms with Crippen molar-refractivity contribution < 1.29 is 22.7 Å². The van der Waals surface area contributed by atoms with Crippen LogP contribution in [-0.4, -0.2) is 47.0 Å². The van der Waals surface area contributed by atoms with Crippen LogP contribution >= 0.6 is 11.6 Å². The number of carbonyl (C=O) groups is 1. The molecule has 7 nitrogen and oxygen atoms in total. The molecular formula is C24H25ClN2O5S. The Morgan fingerprint density at radius 3 is 2.27 bits per heavy atom. The zero-order valence-corrected chi connectivity index (χ0v) is 20.1. The van der Waals surface area contributed by atoms with Crippen LogP contribution in [0.2, 0.25) is 5.02 Å². The Labute approximate surface area is 199 Å². The number of hydrogen-bond donors (Lipinski definition) is 0. The van der Waals surface area contributed by atoms with Crippen molar-refractivity contribution in [2.75, 3.05) is 32.1 Å². The fourth-order valence-electron chi connectivity index (χ4n) is 3.24. The van der Waals surface area contributed by atoms with Crippen LogP contribution in [0.5, 0.6) is 11.5 Å². The Morgan fingerprint density at radius 1 is 0.939 bits per heavy atom. The quantitative estimate of drug-likeness (QED) is 0.451. The van der Waals surface area contributed by atoms with Gasteiger partial charge in [-0.2, -0.15) is 0 Å². The maximum absolute atomic E-state index is 13.5. The first-order chi connectivity index (χ1) is 15.8. The summed E-state index contributed by atoms with van der Waals surface area (Å²) in [6, 6.07) is 19.7. The van der Waals surface area contributed by atoms with Crippen LogP contribution in [0, 0.1) is 0 Å². The highest BCUT2D eigenvalue weighted by atomic mass is 35.5. The van der Waals surface area contributed by atoms with E-state index in [1.165, 1.54) is 30.2 Å². The molecule has 0 aliphatic rings. The van der Waals surface area contributed by atoms with Gasteiger partial charge in [0.2, 0.25) is 5.91 Å². The van der Waals surface area contributed by atoms with Crippen LogP contribution < -0.4 is 13.8 Å². The molecule has 3 rings (SSSR count). The van der Waals surface area contributed by atoms with E-state index in [9.17, 15) is 13.2 Å². The van der Waals surface area contributed by atoms with E-state index in [-0.39, 0.29) is 17.1 Å². The van der Waals surface area contributed by atoms with E-state index in [0.717, 1.165) is 9.87 Å². The standard InChI is InChI=1S/C24H25ClN2O5S/c1-26(16-18-7-4-5-10-23(18)32-3)24(28)17-27(20-9-6-8-19(25)15-20)33(29,30)22-13-11-21(31-2)12-14-22/h4-15H,16-17H2,1-3H3. The topological polar surface area (TPSA) is 76.2 Å². The summed E-state index contributed by atoms with van der Waals surface area (Å²) in [5, 5.41) is 0.359. The largest absolute Gasteiger partial charge is 0.497 e. The summed E-state index contributed by atoms with van der Waals surface area (Å²) >= 11 is 6.12. The second-order valence-corrected chi connectivity index (χ2v) is 9.53. The summed E-state index contributed by atoms with van der Waals surface area (Å²) in [6.45, 7) is -0.144. The number of benzene rings is 3. The Morgan fingerprint density at radius 2 is 1.64 bits per heavy atom. The number of hydrogen-bond acceptors (Lipinski definition) is 5. The summed E-state index contributed by atoms with van der Waals surface area (Å²) in [6.07, 6.45) is 0. The summed E-state index contributed by atoms with van der Waals surface area (Å²) < 4.78 is 38.5. The van der Waals surface area contributed by atoms with Crippen LogP contribution in [0.3, 0.4) is 0 Å². The van der Waals surface area contributed by atoms with Gasteiger partial charge in [0.25, 0.3) is 10.0 Å². The van der Waals surface area contributed by atoms with Gasteiger partial charge in [0.1, 0.15) is 18.0 Å². The van der Waals surface area contributed by atoms with E-state index in [2.05, 4.69) is 0 Å². The molecule has 0 spiro atoms. The van der Waals surface area contributed by atoms with Crippen molar-refractivity contribution in [3.63, 3.8) is 0 Å². The smallest absolute Gasteiger partial charge is 0.264 e. The maximum atomic E-state index is 13.5. The first-order valence-corrected chi connectivity index (χ1v) is 11.9. The lowest BCUT2D eigenvalue weighted by Gasteiger charge is -2.27. The molecule has 3 aromatic rings. The van der Waals surface area contributed by atoms with Gasteiger partial charge in [0, 0.05) is 24.2 Å². The second-order valence-electron chi connectivity index (χ2n) is 7.23. The number of rotatable bonds is 9. The number of methoxy groups -OCH3 is 2. The van der Waals surface area contributed by atoms with E-state index in [0.29, 0.717) is 16.5 Å². The molecule has 0 bridgehead atoms. The fraction of sp³-hybridized carbons (Fsp3) is 0.208. The number of amides is 1. The molecule has 9 heteroatoms. The van der Waals surface area contributed by atoms with E-state index in [1.54, 1.807) is 50.6 Å². The third kappa shape index (κ3) is 5.77. The van der Waals surface area contributed by atoms with E-state index >= 15 is 0 Å². The van der Waals surface area contributed by atoms with Crippen LogP contribution in [0.1, 0.15) is 5.56 Å². The number of likely N-dealkylation sites (N-methyl/N-ethyl adjacent to an activating group) is 1. The molecule has 33 heavy (non-hydrogen) atoms. The van der Waals surface area contributed by atoms with Crippen molar-refractivity contribution in [2.24, 2.45) is 0 Å². The molecule has 0 saturated carbocycles. The minimum atomic E-state index is -4.06. The lowest BCUT2D eigenvalue weighted by atomic mass is 10.2. The van der Waals surface area contributed by atoms with Crippen molar-refractivity contribution in [1.29, 1.82) is 0 Å². The van der Waals surface area contributed by atoms with Gasteiger partial charge in [-0.1, -0.05) is 35.9 Å². The Kier molecular flexibility index (Phi) is 7.84. The number of anilines is 1. The van der Waals surface area contributed by atoms with E-state index in [1.807, 2.05) is 18.2 Å². The number of ether oxygens (including phenoxy) is 2. The van der Waals surface area contributed by atoms with Crippen molar-refractivity contribution in [1.82, 2.24) is 4.90 Å². The minimum Gasteiger partial charge on any atom is -0.497 e. The highest BCUT2D eigenvalue weighted by molar-refractivity contribution is 7.92. The molecule has 0 fully saturated rings. The number of para-hydroxylation sites is 1. The molecule has 1 amide bonds. The average molecular weight is 489 g/mol. The van der Waals surface area contributed by atoms with Crippen LogP contribution in [-0.2, 0) is 21.4 Å². The van der Waals surface area contributed by atoms with Gasteiger partial charge in [-0.25, -0.2) is 8.42 Å². The van der Waals surface area contributed by atoms with Crippen molar-refractivity contribution in [3.8, 4) is 11.5 Å². The minimum absolute atomic E-state index is 0.0310. The lowest BCUT2D eigenvalue weighted by Crippen LogP contribution is -2.41. The summed E-state index contributed by atoms with van der Waals surface area (Å²) in [7, 11) is 0.609. The molecule has 0 aliphatic heterocycles. The normalized spacial score (nSPS) is 11.0.